The van der Waals surface area contributed by atoms with Crippen molar-refractivity contribution in [2.45, 2.75) is 20.8 Å². The van der Waals surface area contributed by atoms with E-state index >= 15 is 0 Å². The summed E-state index contributed by atoms with van der Waals surface area (Å²) in [4.78, 5) is 28.5. The summed E-state index contributed by atoms with van der Waals surface area (Å²) in [7, 11) is 1.88. The second-order valence-corrected chi connectivity index (χ2v) is 6.96. The van der Waals surface area contributed by atoms with Crippen molar-refractivity contribution >= 4 is 17.5 Å². The number of carbonyl (C=O) groups is 2. The molecule has 2 aromatic rings. The lowest BCUT2D eigenvalue weighted by atomic mass is 10.1. The van der Waals surface area contributed by atoms with E-state index in [0.717, 1.165) is 11.3 Å². The zero-order chi connectivity index (χ0) is 21.2. The molecule has 0 aliphatic heterocycles. The van der Waals surface area contributed by atoms with Gasteiger partial charge in [0.15, 0.2) is 0 Å². The fourth-order valence-electron chi connectivity index (χ4n) is 2.98. The fraction of sp³-hybridized carbons (Fsp3) is 0.391. The summed E-state index contributed by atoms with van der Waals surface area (Å²) in [6, 6.07) is 14.9. The fourth-order valence-corrected chi connectivity index (χ4v) is 2.98. The summed E-state index contributed by atoms with van der Waals surface area (Å²) in [6.07, 6.45) is 0. The van der Waals surface area contributed by atoms with Crippen LogP contribution in [0.1, 0.15) is 29.8 Å². The van der Waals surface area contributed by atoms with Crippen molar-refractivity contribution in [2.24, 2.45) is 0 Å². The molecular weight excluding hydrogens is 366 g/mol. The van der Waals surface area contributed by atoms with Crippen LogP contribution in [0.4, 0.5) is 5.69 Å². The van der Waals surface area contributed by atoms with Gasteiger partial charge in [-0.2, -0.15) is 0 Å². The lowest BCUT2D eigenvalue weighted by molar-refractivity contribution is -0.117. The standard InChI is InChI=1S/C23H31N3O3/c1-5-26(6-2)23(28)19-11-9-12-20(16-19)24-22(27)17-25(4)14-15-29-21-13-8-7-10-18(21)3/h7-13,16H,5-6,14-15,17H2,1-4H3,(H,24,27). The number of aryl methyl sites for hydroxylation is 1. The molecule has 0 aliphatic carbocycles. The van der Waals surface area contributed by atoms with Gasteiger partial charge >= 0.3 is 0 Å². The number of benzene rings is 2. The summed E-state index contributed by atoms with van der Waals surface area (Å²) in [6.45, 7) is 8.58. The van der Waals surface area contributed by atoms with E-state index in [1.165, 1.54) is 0 Å². The van der Waals surface area contributed by atoms with Gasteiger partial charge in [-0.3, -0.25) is 14.5 Å². The Morgan fingerprint density at radius 1 is 1.03 bits per heavy atom. The molecule has 0 heterocycles. The predicted octanol–water partition coefficient (Wildman–Crippen LogP) is 3.43. The van der Waals surface area contributed by atoms with Crippen molar-refractivity contribution in [1.82, 2.24) is 9.80 Å². The van der Waals surface area contributed by atoms with E-state index in [-0.39, 0.29) is 18.4 Å². The maximum Gasteiger partial charge on any atom is 0.253 e. The van der Waals surface area contributed by atoms with Crippen LogP contribution in [0.25, 0.3) is 0 Å². The average Bonchev–Trinajstić information content (AvgIpc) is 2.70. The van der Waals surface area contributed by atoms with Crippen molar-refractivity contribution < 1.29 is 14.3 Å². The maximum atomic E-state index is 12.5. The Hall–Kier alpha value is -2.86. The molecule has 0 bridgehead atoms. The third-order valence-electron chi connectivity index (χ3n) is 4.68. The predicted molar refractivity (Wildman–Crippen MR) is 116 cm³/mol. The number of ether oxygens (including phenoxy) is 1. The van der Waals surface area contributed by atoms with Crippen LogP contribution in [0.5, 0.6) is 5.75 Å². The Bertz CT molecular complexity index is 819. The Kier molecular flexibility index (Phi) is 8.68. The molecule has 0 fully saturated rings. The second kappa shape index (κ2) is 11.2. The topological polar surface area (TPSA) is 61.9 Å². The number of anilines is 1. The molecule has 0 aromatic heterocycles. The van der Waals surface area contributed by atoms with Crippen LogP contribution >= 0.6 is 0 Å². The highest BCUT2D eigenvalue weighted by Gasteiger charge is 2.14. The van der Waals surface area contributed by atoms with E-state index in [9.17, 15) is 9.59 Å². The average molecular weight is 398 g/mol. The Balaban J connectivity index is 1.83. The Morgan fingerprint density at radius 3 is 2.45 bits per heavy atom. The molecule has 0 saturated carbocycles. The summed E-state index contributed by atoms with van der Waals surface area (Å²) in [5.74, 6) is 0.701. The largest absolute Gasteiger partial charge is 0.492 e. The molecule has 6 nitrogen and oxygen atoms in total. The third-order valence-corrected chi connectivity index (χ3v) is 4.68. The van der Waals surface area contributed by atoms with Crippen molar-refractivity contribution in [3.8, 4) is 5.75 Å². The van der Waals surface area contributed by atoms with Crippen molar-refractivity contribution in [3.63, 3.8) is 0 Å². The number of nitrogens with zero attached hydrogens (tertiary/aromatic N) is 2. The zero-order valence-electron chi connectivity index (χ0n) is 17.8. The van der Waals surface area contributed by atoms with Crippen molar-refractivity contribution in [3.05, 3.63) is 59.7 Å². The van der Waals surface area contributed by atoms with Gasteiger partial charge in [0.05, 0.1) is 6.54 Å². The minimum Gasteiger partial charge on any atom is -0.492 e. The molecule has 0 unspecified atom stereocenters. The number of amides is 2. The van der Waals surface area contributed by atoms with Crippen LogP contribution in [0.15, 0.2) is 48.5 Å². The Morgan fingerprint density at radius 2 is 1.76 bits per heavy atom. The number of rotatable bonds is 10. The van der Waals surface area contributed by atoms with E-state index in [1.807, 2.05) is 57.0 Å². The molecule has 0 aliphatic rings. The summed E-state index contributed by atoms with van der Waals surface area (Å²) in [5.41, 5.74) is 2.29. The Labute approximate surface area is 173 Å². The number of para-hydroxylation sites is 1. The van der Waals surface area contributed by atoms with Crippen LogP contribution in [0.3, 0.4) is 0 Å². The molecule has 0 spiro atoms. The molecule has 0 saturated heterocycles. The monoisotopic (exact) mass is 397 g/mol. The lowest BCUT2D eigenvalue weighted by Crippen LogP contribution is -2.33. The van der Waals surface area contributed by atoms with Gasteiger partial charge in [-0.15, -0.1) is 0 Å². The van der Waals surface area contributed by atoms with Crippen LogP contribution in [-0.2, 0) is 4.79 Å². The number of nitrogens with one attached hydrogen (secondary N) is 1. The summed E-state index contributed by atoms with van der Waals surface area (Å²) >= 11 is 0. The molecule has 1 N–H and O–H groups in total. The van der Waals surface area contributed by atoms with Gasteiger partial charge in [-0.25, -0.2) is 0 Å². The minimum absolute atomic E-state index is 0.0310. The number of carbonyl (C=O) groups excluding carboxylic acids is 2. The van der Waals surface area contributed by atoms with Gasteiger partial charge < -0.3 is 15.0 Å². The van der Waals surface area contributed by atoms with Crippen LogP contribution in [0.2, 0.25) is 0 Å². The molecule has 29 heavy (non-hydrogen) atoms. The first-order valence-corrected chi connectivity index (χ1v) is 10.0. The van der Waals surface area contributed by atoms with Gasteiger partial charge in [0.1, 0.15) is 12.4 Å². The van der Waals surface area contributed by atoms with Crippen LogP contribution in [-0.4, -0.2) is 61.4 Å². The molecule has 0 radical (unpaired) electrons. The highest BCUT2D eigenvalue weighted by molar-refractivity contribution is 5.97. The van der Waals surface area contributed by atoms with Crippen LogP contribution < -0.4 is 10.1 Å². The van der Waals surface area contributed by atoms with Gasteiger partial charge in [0, 0.05) is 30.9 Å². The molecule has 2 aromatic carbocycles. The molecule has 0 atom stereocenters. The quantitative estimate of drug-likeness (QED) is 0.667. The summed E-state index contributed by atoms with van der Waals surface area (Å²) < 4.78 is 5.78. The van der Waals surface area contributed by atoms with Crippen molar-refractivity contribution in [1.29, 1.82) is 0 Å². The van der Waals surface area contributed by atoms with E-state index in [0.29, 0.717) is 37.5 Å². The SMILES string of the molecule is CCN(CC)C(=O)c1cccc(NC(=O)CN(C)CCOc2ccccc2C)c1. The van der Waals surface area contributed by atoms with Gasteiger partial charge in [-0.1, -0.05) is 24.3 Å². The third kappa shape index (κ3) is 6.91. The first-order chi connectivity index (χ1) is 13.9. The number of hydrogen-bond acceptors (Lipinski definition) is 4. The van der Waals surface area contributed by atoms with Gasteiger partial charge in [0.25, 0.3) is 5.91 Å². The summed E-state index contributed by atoms with van der Waals surface area (Å²) in [5, 5.41) is 2.87. The molecule has 156 valence electrons. The van der Waals surface area contributed by atoms with E-state index in [2.05, 4.69) is 5.32 Å². The molecule has 2 amide bonds. The highest BCUT2D eigenvalue weighted by Crippen LogP contribution is 2.16. The second-order valence-electron chi connectivity index (χ2n) is 6.96. The van der Waals surface area contributed by atoms with E-state index in [1.54, 1.807) is 29.2 Å². The van der Waals surface area contributed by atoms with Crippen LogP contribution in [0, 0.1) is 6.92 Å². The smallest absolute Gasteiger partial charge is 0.253 e. The highest BCUT2D eigenvalue weighted by atomic mass is 16.5. The van der Waals surface area contributed by atoms with Crippen molar-refractivity contribution in [2.75, 3.05) is 45.2 Å². The first-order valence-electron chi connectivity index (χ1n) is 10.0. The molecule has 6 heteroatoms. The zero-order valence-corrected chi connectivity index (χ0v) is 17.8. The first kappa shape index (κ1) is 22.4. The van der Waals surface area contributed by atoms with E-state index < -0.39 is 0 Å². The minimum atomic E-state index is -0.129. The van der Waals surface area contributed by atoms with E-state index in [4.69, 9.17) is 4.74 Å². The number of likely N-dealkylation sites (N-methyl/N-ethyl adjacent to an activating group) is 1. The maximum absolute atomic E-state index is 12.5. The lowest BCUT2D eigenvalue weighted by Gasteiger charge is -2.19. The van der Waals surface area contributed by atoms with Gasteiger partial charge in [0.2, 0.25) is 5.91 Å². The molecule has 2 rings (SSSR count). The normalized spacial score (nSPS) is 10.7. The number of hydrogen-bond donors (Lipinski definition) is 1. The molecular formula is C23H31N3O3. The van der Waals surface area contributed by atoms with Gasteiger partial charge in [-0.05, 0) is 57.6 Å².